The number of benzene rings is 1. The van der Waals surface area contributed by atoms with E-state index in [0.29, 0.717) is 17.0 Å². The van der Waals surface area contributed by atoms with Gasteiger partial charge in [0.25, 0.3) is 5.56 Å². The zero-order valence-electron chi connectivity index (χ0n) is 15.1. The van der Waals surface area contributed by atoms with Crippen molar-refractivity contribution in [1.29, 1.82) is 0 Å². The SMILES string of the molecule is CC1(C)CN=C(SCc2nc3scc(-c4ccccc4)c3c(=O)[nH]2)NC1.Cl. The molecule has 0 fully saturated rings. The Morgan fingerprint density at radius 1 is 1.26 bits per heavy atom. The third-order valence-electron chi connectivity index (χ3n) is 4.29. The Kier molecular flexibility index (Phi) is 5.93. The third kappa shape index (κ3) is 4.36. The quantitative estimate of drug-likeness (QED) is 0.663. The van der Waals surface area contributed by atoms with Crippen molar-refractivity contribution in [3.8, 4) is 11.1 Å². The summed E-state index contributed by atoms with van der Waals surface area (Å²) in [7, 11) is 0. The normalized spacial score (nSPS) is 15.7. The molecular weight excluding hydrogens is 400 g/mol. The summed E-state index contributed by atoms with van der Waals surface area (Å²) in [4.78, 5) is 25.6. The zero-order valence-corrected chi connectivity index (χ0v) is 17.6. The van der Waals surface area contributed by atoms with Crippen LogP contribution in [0.1, 0.15) is 19.7 Å². The number of aliphatic imine (C=N–C) groups is 1. The number of hydrogen-bond donors (Lipinski definition) is 2. The molecule has 2 N–H and O–H groups in total. The molecule has 0 radical (unpaired) electrons. The van der Waals surface area contributed by atoms with Gasteiger partial charge >= 0.3 is 0 Å². The number of halogens is 1. The zero-order chi connectivity index (χ0) is 18.1. The average Bonchev–Trinajstić information content (AvgIpc) is 3.06. The Hall–Kier alpha value is -1.83. The van der Waals surface area contributed by atoms with Crippen LogP contribution in [0.5, 0.6) is 0 Å². The number of hydrogen-bond acceptors (Lipinski definition) is 6. The molecule has 1 aromatic carbocycles. The fourth-order valence-electron chi connectivity index (χ4n) is 2.84. The largest absolute Gasteiger partial charge is 0.364 e. The molecule has 0 atom stereocenters. The van der Waals surface area contributed by atoms with Crippen molar-refractivity contribution in [2.75, 3.05) is 13.1 Å². The second-order valence-corrected chi connectivity index (χ2v) is 8.96. The van der Waals surface area contributed by atoms with E-state index < -0.39 is 0 Å². The average molecular weight is 421 g/mol. The first-order valence-corrected chi connectivity index (χ1v) is 10.4. The maximum atomic E-state index is 12.6. The van der Waals surface area contributed by atoms with Crippen LogP contribution in [0.25, 0.3) is 21.3 Å². The van der Waals surface area contributed by atoms with Gasteiger partial charge in [0.15, 0.2) is 5.17 Å². The van der Waals surface area contributed by atoms with Gasteiger partial charge in [0.2, 0.25) is 0 Å². The van der Waals surface area contributed by atoms with Gasteiger partial charge in [-0.15, -0.1) is 23.7 Å². The molecule has 8 heteroatoms. The molecule has 0 saturated carbocycles. The minimum absolute atomic E-state index is 0. The number of aromatic amines is 1. The lowest BCUT2D eigenvalue weighted by atomic mass is 9.93. The molecule has 142 valence electrons. The van der Waals surface area contributed by atoms with Crippen LogP contribution in [0.2, 0.25) is 0 Å². The predicted octanol–water partition coefficient (Wildman–Crippen LogP) is 4.29. The summed E-state index contributed by atoms with van der Waals surface area (Å²) in [5.74, 6) is 1.28. The molecular formula is C19H21ClN4OS2. The van der Waals surface area contributed by atoms with Gasteiger partial charge in [-0.2, -0.15) is 0 Å². The Morgan fingerprint density at radius 2 is 2.04 bits per heavy atom. The lowest BCUT2D eigenvalue weighted by Crippen LogP contribution is -2.39. The highest BCUT2D eigenvalue weighted by Gasteiger charge is 2.22. The number of nitrogens with zero attached hydrogens (tertiary/aromatic N) is 2. The maximum absolute atomic E-state index is 12.6. The first kappa shape index (κ1) is 19.9. The van der Waals surface area contributed by atoms with Gasteiger partial charge in [-0.3, -0.25) is 9.79 Å². The van der Waals surface area contributed by atoms with Crippen LogP contribution in [0.3, 0.4) is 0 Å². The van der Waals surface area contributed by atoms with Gasteiger partial charge in [0.1, 0.15) is 10.7 Å². The predicted molar refractivity (Wildman–Crippen MR) is 118 cm³/mol. The van der Waals surface area contributed by atoms with Crippen LogP contribution in [0.4, 0.5) is 0 Å². The third-order valence-corrected chi connectivity index (χ3v) is 6.13. The molecule has 0 amide bonds. The van der Waals surface area contributed by atoms with Crippen molar-refractivity contribution in [3.05, 3.63) is 51.9 Å². The lowest BCUT2D eigenvalue weighted by molar-refractivity contribution is 0.364. The van der Waals surface area contributed by atoms with Gasteiger partial charge in [0, 0.05) is 29.4 Å². The van der Waals surface area contributed by atoms with Crippen molar-refractivity contribution in [2.45, 2.75) is 19.6 Å². The molecule has 0 aliphatic carbocycles. The minimum atomic E-state index is -0.0784. The summed E-state index contributed by atoms with van der Waals surface area (Å²) >= 11 is 3.09. The highest BCUT2D eigenvalue weighted by molar-refractivity contribution is 8.13. The fraction of sp³-hybridized carbons (Fsp3) is 0.316. The van der Waals surface area contributed by atoms with E-state index in [9.17, 15) is 4.79 Å². The van der Waals surface area contributed by atoms with Crippen molar-refractivity contribution in [1.82, 2.24) is 15.3 Å². The van der Waals surface area contributed by atoms with Crippen LogP contribution < -0.4 is 10.9 Å². The van der Waals surface area contributed by atoms with E-state index in [2.05, 4.69) is 34.1 Å². The summed E-state index contributed by atoms with van der Waals surface area (Å²) in [6, 6.07) is 9.95. The van der Waals surface area contributed by atoms with E-state index in [4.69, 9.17) is 0 Å². The van der Waals surface area contributed by atoms with Gasteiger partial charge in [0.05, 0.1) is 11.1 Å². The van der Waals surface area contributed by atoms with Crippen molar-refractivity contribution < 1.29 is 0 Å². The highest BCUT2D eigenvalue weighted by atomic mass is 35.5. The molecule has 27 heavy (non-hydrogen) atoms. The standard InChI is InChI=1S/C19H20N4OS2.ClH/c1-19(2)10-20-18(21-11-19)26-9-14-22-16(24)15-13(8-25-17(15)23-14)12-6-4-3-5-7-12;/h3-8H,9-11H2,1-2H3,(H,20,21)(H,22,23,24);1H. The monoisotopic (exact) mass is 420 g/mol. The molecule has 1 aliphatic rings. The lowest BCUT2D eigenvalue weighted by Gasteiger charge is -2.28. The molecule has 1 aliphatic heterocycles. The van der Waals surface area contributed by atoms with E-state index in [1.807, 2.05) is 35.7 Å². The molecule has 3 aromatic rings. The smallest absolute Gasteiger partial charge is 0.260 e. The number of rotatable bonds is 3. The van der Waals surface area contributed by atoms with Gasteiger partial charge in [-0.1, -0.05) is 55.9 Å². The summed E-state index contributed by atoms with van der Waals surface area (Å²) in [5.41, 5.74) is 2.10. The van der Waals surface area contributed by atoms with Gasteiger partial charge < -0.3 is 10.3 Å². The number of H-pyrrole nitrogens is 1. The van der Waals surface area contributed by atoms with Crippen LogP contribution in [-0.4, -0.2) is 28.2 Å². The topological polar surface area (TPSA) is 70.1 Å². The van der Waals surface area contributed by atoms with E-state index in [0.717, 1.165) is 34.2 Å². The van der Waals surface area contributed by atoms with Crippen molar-refractivity contribution >= 4 is 50.9 Å². The molecule has 2 aromatic heterocycles. The molecule has 0 spiro atoms. The molecule has 4 rings (SSSR count). The van der Waals surface area contributed by atoms with E-state index >= 15 is 0 Å². The van der Waals surface area contributed by atoms with E-state index in [1.165, 1.54) is 11.3 Å². The molecule has 3 heterocycles. The second kappa shape index (κ2) is 8.04. The Bertz CT molecular complexity index is 1030. The van der Waals surface area contributed by atoms with Crippen molar-refractivity contribution in [2.24, 2.45) is 10.4 Å². The van der Waals surface area contributed by atoms with Crippen LogP contribution in [-0.2, 0) is 5.75 Å². The van der Waals surface area contributed by atoms with E-state index in [-0.39, 0.29) is 23.4 Å². The summed E-state index contributed by atoms with van der Waals surface area (Å²) < 4.78 is 0. The number of amidine groups is 1. The highest BCUT2D eigenvalue weighted by Crippen LogP contribution is 2.30. The number of thioether (sulfide) groups is 1. The fourth-order valence-corrected chi connectivity index (χ4v) is 4.54. The molecule has 0 unspecified atom stereocenters. The molecule has 0 saturated heterocycles. The van der Waals surface area contributed by atoms with Crippen LogP contribution in [0, 0.1) is 5.41 Å². The summed E-state index contributed by atoms with van der Waals surface area (Å²) in [6.45, 7) is 6.11. The minimum Gasteiger partial charge on any atom is -0.364 e. The Balaban J connectivity index is 0.00000210. The maximum Gasteiger partial charge on any atom is 0.260 e. The summed E-state index contributed by atoms with van der Waals surface area (Å²) in [5, 5.41) is 6.95. The molecule has 0 bridgehead atoms. The first-order valence-electron chi connectivity index (χ1n) is 8.49. The summed E-state index contributed by atoms with van der Waals surface area (Å²) in [6.07, 6.45) is 0. The van der Waals surface area contributed by atoms with Gasteiger partial charge in [-0.05, 0) is 5.56 Å². The number of aromatic nitrogens is 2. The van der Waals surface area contributed by atoms with Crippen molar-refractivity contribution in [3.63, 3.8) is 0 Å². The van der Waals surface area contributed by atoms with Gasteiger partial charge in [-0.25, -0.2) is 4.98 Å². The molecule has 5 nitrogen and oxygen atoms in total. The van der Waals surface area contributed by atoms with E-state index in [1.54, 1.807) is 11.8 Å². The van der Waals surface area contributed by atoms with Crippen LogP contribution in [0.15, 0.2) is 45.5 Å². The Labute approximate surface area is 172 Å². The van der Waals surface area contributed by atoms with Crippen LogP contribution >= 0.6 is 35.5 Å². The second-order valence-electron chi connectivity index (χ2n) is 7.14. The Morgan fingerprint density at radius 3 is 2.74 bits per heavy atom. The number of fused-ring (bicyclic) bond motifs is 1. The number of nitrogens with one attached hydrogen (secondary N) is 2. The number of thiophene rings is 1. The first-order chi connectivity index (χ1) is 12.5.